The van der Waals surface area contributed by atoms with E-state index >= 15 is 0 Å². The fraction of sp³-hybridized carbons (Fsp3) is 0.333. The number of benzene rings is 2. The number of carbonyl (C=O) groups is 1. The first-order chi connectivity index (χ1) is 12.2. The van der Waals surface area contributed by atoms with Gasteiger partial charge in [0.2, 0.25) is 5.91 Å². The molecule has 1 heterocycles. The number of rotatable bonds is 6. The maximum atomic E-state index is 13.2. The third-order valence-corrected chi connectivity index (χ3v) is 5.75. The van der Waals surface area contributed by atoms with E-state index in [0.29, 0.717) is 5.56 Å². The predicted molar refractivity (Wildman–Crippen MR) is 103 cm³/mol. The Morgan fingerprint density at radius 1 is 1.12 bits per heavy atom. The Bertz CT molecular complexity index is 796. The molecule has 128 valence electrons. The minimum atomic E-state index is -0.283. The quantitative estimate of drug-likeness (QED) is 0.662. The number of anilines is 1. The SMILES string of the molecule is CCCCCCN1C(=O)C(c2cccc(C#N)c2)Sc2ccccc21. The van der Waals surface area contributed by atoms with Gasteiger partial charge in [-0.15, -0.1) is 11.8 Å². The summed E-state index contributed by atoms with van der Waals surface area (Å²) in [6, 6.07) is 17.7. The lowest BCUT2D eigenvalue weighted by Crippen LogP contribution is -2.38. The zero-order valence-corrected chi connectivity index (χ0v) is 15.3. The lowest BCUT2D eigenvalue weighted by Gasteiger charge is -2.34. The Hall–Kier alpha value is -2.25. The zero-order chi connectivity index (χ0) is 17.6. The maximum absolute atomic E-state index is 13.2. The molecule has 0 spiro atoms. The van der Waals surface area contributed by atoms with Crippen molar-refractivity contribution in [1.29, 1.82) is 5.26 Å². The van der Waals surface area contributed by atoms with Crippen LogP contribution >= 0.6 is 11.8 Å². The summed E-state index contributed by atoms with van der Waals surface area (Å²) in [5.41, 5.74) is 2.52. The number of hydrogen-bond donors (Lipinski definition) is 0. The molecule has 3 nitrogen and oxygen atoms in total. The molecule has 0 N–H and O–H groups in total. The number of unbranched alkanes of at least 4 members (excludes halogenated alkanes) is 3. The first-order valence-electron chi connectivity index (χ1n) is 8.81. The van der Waals surface area contributed by atoms with E-state index in [1.54, 1.807) is 17.8 Å². The van der Waals surface area contributed by atoms with Crippen LogP contribution in [0.15, 0.2) is 53.4 Å². The van der Waals surface area contributed by atoms with E-state index < -0.39 is 0 Å². The minimum Gasteiger partial charge on any atom is -0.310 e. The molecule has 0 saturated heterocycles. The van der Waals surface area contributed by atoms with Crippen LogP contribution in [-0.2, 0) is 4.79 Å². The third-order valence-electron chi connectivity index (χ3n) is 4.44. The van der Waals surface area contributed by atoms with Gasteiger partial charge in [-0.3, -0.25) is 4.79 Å². The lowest BCUT2D eigenvalue weighted by atomic mass is 10.1. The second-order valence-corrected chi connectivity index (χ2v) is 7.40. The van der Waals surface area contributed by atoms with Crippen molar-refractivity contribution in [3.63, 3.8) is 0 Å². The second kappa shape index (κ2) is 8.22. The normalized spacial score (nSPS) is 16.4. The van der Waals surface area contributed by atoms with Gasteiger partial charge in [0.15, 0.2) is 0 Å². The highest BCUT2D eigenvalue weighted by Gasteiger charge is 2.34. The van der Waals surface area contributed by atoms with Gasteiger partial charge < -0.3 is 4.90 Å². The Morgan fingerprint density at radius 2 is 1.96 bits per heavy atom. The van der Waals surface area contributed by atoms with Crippen LogP contribution in [0, 0.1) is 11.3 Å². The second-order valence-electron chi connectivity index (χ2n) is 6.25. The van der Waals surface area contributed by atoms with Crippen molar-refractivity contribution in [2.45, 2.75) is 42.8 Å². The summed E-state index contributed by atoms with van der Waals surface area (Å²) in [7, 11) is 0. The molecule has 2 aromatic carbocycles. The number of nitrogens with zero attached hydrogens (tertiary/aromatic N) is 2. The molecule has 1 unspecified atom stereocenters. The zero-order valence-electron chi connectivity index (χ0n) is 14.4. The van der Waals surface area contributed by atoms with E-state index in [1.807, 2.05) is 41.3 Å². The van der Waals surface area contributed by atoms with Crippen LogP contribution in [0.1, 0.15) is 49.0 Å². The number of carbonyl (C=O) groups excluding carboxylic acids is 1. The van der Waals surface area contributed by atoms with Crippen LogP contribution in [-0.4, -0.2) is 12.5 Å². The van der Waals surface area contributed by atoms with E-state index in [2.05, 4.69) is 19.1 Å². The Labute approximate surface area is 153 Å². The van der Waals surface area contributed by atoms with Gasteiger partial charge in [0, 0.05) is 11.4 Å². The van der Waals surface area contributed by atoms with Gasteiger partial charge in [-0.2, -0.15) is 5.26 Å². The third kappa shape index (κ3) is 3.88. The van der Waals surface area contributed by atoms with Crippen LogP contribution in [0.5, 0.6) is 0 Å². The first-order valence-corrected chi connectivity index (χ1v) is 9.69. The van der Waals surface area contributed by atoms with Crippen LogP contribution < -0.4 is 4.90 Å². The molecule has 0 radical (unpaired) electrons. The molecule has 1 aliphatic rings. The topological polar surface area (TPSA) is 44.1 Å². The maximum Gasteiger partial charge on any atom is 0.245 e. The molecule has 1 aliphatic heterocycles. The average molecular weight is 350 g/mol. The monoisotopic (exact) mass is 350 g/mol. The number of amides is 1. The van der Waals surface area contributed by atoms with Crippen molar-refractivity contribution >= 4 is 23.4 Å². The van der Waals surface area contributed by atoms with E-state index in [9.17, 15) is 4.79 Å². The molecule has 0 fully saturated rings. The Balaban J connectivity index is 1.89. The molecule has 0 aliphatic carbocycles. The molecule has 3 rings (SSSR count). The highest BCUT2D eigenvalue weighted by atomic mass is 32.2. The molecule has 0 aromatic heterocycles. The molecular weight excluding hydrogens is 328 g/mol. The Morgan fingerprint density at radius 3 is 2.76 bits per heavy atom. The van der Waals surface area contributed by atoms with E-state index in [1.165, 1.54) is 12.8 Å². The summed E-state index contributed by atoms with van der Waals surface area (Å²) in [5, 5.41) is 8.87. The van der Waals surface area contributed by atoms with Gasteiger partial charge in [-0.05, 0) is 36.2 Å². The van der Waals surface area contributed by atoms with E-state index in [4.69, 9.17) is 5.26 Å². The Kier molecular flexibility index (Phi) is 5.78. The van der Waals surface area contributed by atoms with Crippen molar-refractivity contribution in [2.24, 2.45) is 0 Å². The number of fused-ring (bicyclic) bond motifs is 1. The molecule has 1 amide bonds. The van der Waals surface area contributed by atoms with Crippen LogP contribution in [0.4, 0.5) is 5.69 Å². The van der Waals surface area contributed by atoms with Crippen molar-refractivity contribution in [3.05, 3.63) is 59.7 Å². The highest BCUT2D eigenvalue weighted by Crippen LogP contribution is 2.46. The largest absolute Gasteiger partial charge is 0.310 e. The van der Waals surface area contributed by atoms with Crippen LogP contribution in [0.2, 0.25) is 0 Å². The van der Waals surface area contributed by atoms with Gasteiger partial charge in [-0.1, -0.05) is 50.5 Å². The average Bonchev–Trinajstić information content (AvgIpc) is 2.66. The molecule has 25 heavy (non-hydrogen) atoms. The van der Waals surface area contributed by atoms with Gasteiger partial charge in [0.05, 0.1) is 17.3 Å². The summed E-state index contributed by atoms with van der Waals surface area (Å²) in [5.74, 6) is 0.121. The predicted octanol–water partition coefficient (Wildman–Crippen LogP) is 5.32. The molecule has 2 aromatic rings. The minimum absolute atomic E-state index is 0.121. The summed E-state index contributed by atoms with van der Waals surface area (Å²) in [4.78, 5) is 16.2. The van der Waals surface area contributed by atoms with Crippen molar-refractivity contribution in [3.8, 4) is 6.07 Å². The summed E-state index contributed by atoms with van der Waals surface area (Å²) < 4.78 is 0. The number of thioether (sulfide) groups is 1. The van der Waals surface area contributed by atoms with E-state index in [-0.39, 0.29) is 11.2 Å². The first kappa shape index (κ1) is 17.6. The summed E-state index contributed by atoms with van der Waals surface area (Å²) in [6.07, 6.45) is 4.55. The van der Waals surface area contributed by atoms with Crippen LogP contribution in [0.25, 0.3) is 0 Å². The van der Waals surface area contributed by atoms with Crippen molar-refractivity contribution in [1.82, 2.24) is 0 Å². The van der Waals surface area contributed by atoms with Gasteiger partial charge in [0.25, 0.3) is 0 Å². The number of hydrogen-bond acceptors (Lipinski definition) is 3. The molecule has 0 bridgehead atoms. The smallest absolute Gasteiger partial charge is 0.245 e. The standard InChI is InChI=1S/C21H22N2OS/c1-2-3-4-7-13-23-18-11-5-6-12-19(18)25-20(21(23)24)17-10-8-9-16(14-17)15-22/h5-6,8-12,14,20H,2-4,7,13H2,1H3. The van der Waals surface area contributed by atoms with Crippen LogP contribution in [0.3, 0.4) is 0 Å². The molecular formula is C21H22N2OS. The summed E-state index contributed by atoms with van der Waals surface area (Å²) >= 11 is 1.58. The van der Waals surface area contributed by atoms with Gasteiger partial charge >= 0.3 is 0 Å². The molecule has 1 atom stereocenters. The molecule has 0 saturated carbocycles. The fourth-order valence-corrected chi connectivity index (χ4v) is 4.35. The van der Waals surface area contributed by atoms with Crippen molar-refractivity contribution in [2.75, 3.05) is 11.4 Å². The highest BCUT2D eigenvalue weighted by molar-refractivity contribution is 8.00. The fourth-order valence-electron chi connectivity index (χ4n) is 3.13. The van der Waals surface area contributed by atoms with Gasteiger partial charge in [0.1, 0.15) is 5.25 Å². The van der Waals surface area contributed by atoms with E-state index in [0.717, 1.165) is 35.5 Å². The summed E-state index contributed by atoms with van der Waals surface area (Å²) in [6.45, 7) is 2.95. The molecule has 4 heteroatoms. The lowest BCUT2D eigenvalue weighted by molar-refractivity contribution is -0.118. The van der Waals surface area contributed by atoms with Gasteiger partial charge in [-0.25, -0.2) is 0 Å². The number of para-hydroxylation sites is 1. The van der Waals surface area contributed by atoms with Crippen molar-refractivity contribution < 1.29 is 4.79 Å². The number of nitriles is 1.